The molecule has 0 radical (unpaired) electrons. The summed E-state index contributed by atoms with van der Waals surface area (Å²) < 4.78 is 12.8. The third-order valence-electron chi connectivity index (χ3n) is 4.27. The van der Waals surface area contributed by atoms with Crippen LogP contribution in [0.5, 0.6) is 0 Å². The summed E-state index contributed by atoms with van der Waals surface area (Å²) in [6.07, 6.45) is 3.07. The Morgan fingerprint density at radius 1 is 1.38 bits per heavy atom. The summed E-state index contributed by atoms with van der Waals surface area (Å²) in [6.45, 7) is 2.89. The van der Waals surface area contributed by atoms with Crippen LogP contribution in [-0.4, -0.2) is 47.1 Å². The molecule has 1 aromatic carbocycles. The first-order valence-corrected chi connectivity index (χ1v) is 8.48. The second-order valence-electron chi connectivity index (χ2n) is 6.33. The van der Waals surface area contributed by atoms with Gasteiger partial charge in [0.05, 0.1) is 6.10 Å². The van der Waals surface area contributed by atoms with Crippen molar-refractivity contribution in [3.05, 3.63) is 35.6 Å². The van der Waals surface area contributed by atoms with Crippen LogP contribution in [0.4, 0.5) is 4.39 Å². The van der Waals surface area contributed by atoms with E-state index in [0.717, 1.165) is 19.4 Å². The van der Waals surface area contributed by atoms with Gasteiger partial charge in [-0.05, 0) is 56.9 Å². The maximum atomic E-state index is 12.8. The lowest BCUT2D eigenvalue weighted by Crippen LogP contribution is -2.37. The normalized spacial score (nSPS) is 18.5. The molecule has 0 saturated carbocycles. The highest BCUT2D eigenvalue weighted by atomic mass is 19.1. The summed E-state index contributed by atoms with van der Waals surface area (Å²) >= 11 is 0. The number of nitrogens with zero attached hydrogens (tertiary/aromatic N) is 1. The average molecular weight is 336 g/mol. The number of carbonyl (C=O) groups is 2. The fourth-order valence-electron chi connectivity index (χ4n) is 3.09. The maximum absolute atomic E-state index is 12.8. The van der Waals surface area contributed by atoms with E-state index in [-0.39, 0.29) is 23.7 Å². The molecule has 1 saturated heterocycles. The highest BCUT2D eigenvalue weighted by Crippen LogP contribution is 2.22. The number of hydrogen-bond acceptors (Lipinski definition) is 3. The van der Waals surface area contributed by atoms with Crippen molar-refractivity contribution in [2.24, 2.45) is 0 Å². The zero-order valence-electron chi connectivity index (χ0n) is 14.0. The number of rotatable bonds is 7. The van der Waals surface area contributed by atoms with Crippen molar-refractivity contribution < 1.29 is 19.1 Å². The van der Waals surface area contributed by atoms with Gasteiger partial charge in [-0.3, -0.25) is 9.59 Å². The second-order valence-corrected chi connectivity index (χ2v) is 6.33. The van der Waals surface area contributed by atoms with E-state index in [1.807, 2.05) is 4.90 Å². The van der Waals surface area contributed by atoms with Crippen molar-refractivity contribution in [1.82, 2.24) is 10.2 Å². The van der Waals surface area contributed by atoms with Gasteiger partial charge in [-0.2, -0.15) is 0 Å². The van der Waals surface area contributed by atoms with Gasteiger partial charge in [-0.15, -0.1) is 0 Å². The summed E-state index contributed by atoms with van der Waals surface area (Å²) in [5.41, 5.74) is 0.402. The molecule has 1 aromatic rings. The molecule has 0 spiro atoms. The van der Waals surface area contributed by atoms with Gasteiger partial charge >= 0.3 is 0 Å². The van der Waals surface area contributed by atoms with Crippen LogP contribution in [0.15, 0.2) is 24.3 Å². The summed E-state index contributed by atoms with van der Waals surface area (Å²) in [4.78, 5) is 26.0. The Balaban J connectivity index is 1.70. The van der Waals surface area contributed by atoms with E-state index in [9.17, 15) is 19.1 Å². The Kier molecular flexibility index (Phi) is 6.73. The van der Waals surface area contributed by atoms with Crippen molar-refractivity contribution in [3.8, 4) is 0 Å². The Morgan fingerprint density at radius 2 is 2.08 bits per heavy atom. The van der Waals surface area contributed by atoms with Crippen molar-refractivity contribution in [2.45, 2.75) is 51.2 Å². The number of aliphatic hydroxyl groups is 1. The Morgan fingerprint density at radius 3 is 2.75 bits per heavy atom. The average Bonchev–Trinajstić information content (AvgIpc) is 2.99. The molecule has 0 bridgehead atoms. The van der Waals surface area contributed by atoms with Crippen LogP contribution in [0, 0.1) is 5.82 Å². The number of halogens is 1. The van der Waals surface area contributed by atoms with E-state index in [0.29, 0.717) is 31.4 Å². The van der Waals surface area contributed by atoms with Gasteiger partial charge in [0.1, 0.15) is 5.82 Å². The number of benzene rings is 1. The van der Waals surface area contributed by atoms with Gasteiger partial charge in [-0.25, -0.2) is 4.39 Å². The molecule has 0 aliphatic carbocycles. The smallest absolute Gasteiger partial charge is 0.251 e. The molecule has 2 atom stereocenters. The monoisotopic (exact) mass is 336 g/mol. The zero-order chi connectivity index (χ0) is 17.5. The van der Waals surface area contributed by atoms with Crippen LogP contribution < -0.4 is 5.32 Å². The van der Waals surface area contributed by atoms with Crippen LogP contribution in [0.2, 0.25) is 0 Å². The Labute approximate surface area is 141 Å². The minimum absolute atomic E-state index is 0.0779. The van der Waals surface area contributed by atoms with Gasteiger partial charge in [0.25, 0.3) is 5.91 Å². The number of hydrogen-bond donors (Lipinski definition) is 2. The molecule has 2 rings (SSSR count). The van der Waals surface area contributed by atoms with E-state index >= 15 is 0 Å². The quantitative estimate of drug-likeness (QED) is 0.749. The van der Waals surface area contributed by atoms with Crippen LogP contribution >= 0.6 is 0 Å². The molecular weight excluding hydrogens is 311 g/mol. The molecule has 2 unspecified atom stereocenters. The van der Waals surface area contributed by atoms with Gasteiger partial charge in [0, 0.05) is 31.1 Å². The predicted molar refractivity (Wildman–Crippen MR) is 89.0 cm³/mol. The third-order valence-corrected chi connectivity index (χ3v) is 4.27. The molecule has 6 heteroatoms. The molecule has 1 aliphatic rings. The van der Waals surface area contributed by atoms with Crippen LogP contribution in [0.3, 0.4) is 0 Å². The Bertz CT molecular complexity index is 560. The summed E-state index contributed by atoms with van der Waals surface area (Å²) in [5.74, 6) is -0.570. The van der Waals surface area contributed by atoms with E-state index in [2.05, 4.69) is 5.32 Å². The molecule has 24 heavy (non-hydrogen) atoms. The van der Waals surface area contributed by atoms with Gasteiger partial charge in [-0.1, -0.05) is 0 Å². The van der Waals surface area contributed by atoms with Crippen LogP contribution in [-0.2, 0) is 4.79 Å². The molecule has 1 heterocycles. The number of carbonyl (C=O) groups excluding carboxylic acids is 2. The zero-order valence-corrected chi connectivity index (χ0v) is 14.0. The van der Waals surface area contributed by atoms with Crippen molar-refractivity contribution in [3.63, 3.8) is 0 Å². The predicted octanol–water partition coefficient (Wildman–Crippen LogP) is 2.10. The summed E-state index contributed by atoms with van der Waals surface area (Å²) in [6, 6.07) is 5.48. The lowest BCUT2D eigenvalue weighted by Gasteiger charge is -2.25. The topological polar surface area (TPSA) is 69.6 Å². The lowest BCUT2D eigenvalue weighted by atomic mass is 10.1. The maximum Gasteiger partial charge on any atom is 0.251 e. The number of likely N-dealkylation sites (tertiary alicyclic amines) is 1. The third kappa shape index (κ3) is 5.30. The largest absolute Gasteiger partial charge is 0.393 e. The fourth-order valence-corrected chi connectivity index (χ4v) is 3.09. The van der Waals surface area contributed by atoms with E-state index in [4.69, 9.17) is 0 Å². The van der Waals surface area contributed by atoms with Crippen LogP contribution in [0.25, 0.3) is 0 Å². The molecule has 0 aromatic heterocycles. The number of nitrogens with one attached hydrogen (secondary N) is 1. The lowest BCUT2D eigenvalue weighted by molar-refractivity contribution is -0.132. The van der Waals surface area contributed by atoms with Crippen molar-refractivity contribution in [1.29, 1.82) is 0 Å². The Hall–Kier alpha value is -1.95. The van der Waals surface area contributed by atoms with E-state index in [1.165, 1.54) is 24.3 Å². The first kappa shape index (κ1) is 18.4. The molecule has 5 nitrogen and oxygen atoms in total. The molecule has 2 amide bonds. The first-order chi connectivity index (χ1) is 11.5. The highest BCUT2D eigenvalue weighted by Gasteiger charge is 2.28. The minimum Gasteiger partial charge on any atom is -0.393 e. The molecule has 132 valence electrons. The van der Waals surface area contributed by atoms with Gasteiger partial charge in [0.2, 0.25) is 5.91 Å². The van der Waals surface area contributed by atoms with Gasteiger partial charge < -0.3 is 15.3 Å². The van der Waals surface area contributed by atoms with E-state index in [1.54, 1.807) is 6.92 Å². The van der Waals surface area contributed by atoms with Crippen LogP contribution in [0.1, 0.15) is 49.4 Å². The number of aliphatic hydroxyl groups excluding tert-OH is 1. The molecule has 1 aliphatic heterocycles. The fraction of sp³-hybridized carbons (Fsp3) is 0.556. The highest BCUT2D eigenvalue weighted by molar-refractivity contribution is 5.94. The van der Waals surface area contributed by atoms with Crippen molar-refractivity contribution in [2.75, 3.05) is 13.1 Å². The SMILES string of the molecule is CC(O)CC1CCCN1C(=O)CCCNC(=O)c1ccc(F)cc1. The summed E-state index contributed by atoms with van der Waals surface area (Å²) in [7, 11) is 0. The second kappa shape index (κ2) is 8.78. The first-order valence-electron chi connectivity index (χ1n) is 8.48. The molecular formula is C18H25FN2O3. The summed E-state index contributed by atoms with van der Waals surface area (Å²) in [5, 5.41) is 12.2. The number of amides is 2. The minimum atomic E-state index is -0.404. The van der Waals surface area contributed by atoms with Crippen molar-refractivity contribution >= 4 is 11.8 Å². The van der Waals surface area contributed by atoms with E-state index < -0.39 is 6.10 Å². The molecule has 2 N–H and O–H groups in total. The standard InChI is InChI=1S/C18H25FN2O3/c1-13(22)12-16-4-3-11-21(16)17(23)5-2-10-20-18(24)14-6-8-15(19)9-7-14/h6-9,13,16,22H,2-5,10-12H2,1H3,(H,20,24). The van der Waals surface area contributed by atoms with Gasteiger partial charge in [0.15, 0.2) is 0 Å². The molecule has 1 fully saturated rings.